The first-order valence-corrected chi connectivity index (χ1v) is 7.79. The van der Waals surface area contributed by atoms with Crippen molar-refractivity contribution in [2.75, 3.05) is 4.90 Å². The van der Waals surface area contributed by atoms with Crippen LogP contribution in [0.15, 0.2) is 53.9 Å². The Balaban J connectivity index is 2.17. The monoisotopic (exact) mass is 347 g/mol. The molecule has 7 heteroatoms. The maximum Gasteiger partial charge on any atom is 0.254 e. The number of rotatable bonds is 0. The molecule has 2 amide bonds. The molecule has 128 valence electrons. The predicted molar refractivity (Wildman–Crippen MR) is 91.0 cm³/mol. The number of para-hydroxylation sites is 1. The highest BCUT2D eigenvalue weighted by Gasteiger charge is 2.59. The zero-order valence-corrected chi connectivity index (χ0v) is 13.7. The van der Waals surface area contributed by atoms with E-state index in [9.17, 15) is 20.0 Å². The van der Waals surface area contributed by atoms with E-state index in [-0.39, 0.29) is 23.0 Å². The minimum absolute atomic E-state index is 0.0748. The number of phenols is 1. The first-order valence-electron chi connectivity index (χ1n) is 7.79. The van der Waals surface area contributed by atoms with Crippen LogP contribution >= 0.6 is 0 Å². The number of phenolic OH excluding ortho intramolecular Hbond substituents is 1. The van der Waals surface area contributed by atoms with Gasteiger partial charge in [-0.2, -0.15) is 5.26 Å². The van der Waals surface area contributed by atoms with E-state index in [0.717, 1.165) is 4.90 Å². The number of carbonyl (C=O) groups is 2. The van der Waals surface area contributed by atoms with Gasteiger partial charge in [0.25, 0.3) is 5.91 Å². The molecule has 0 fully saturated rings. The summed E-state index contributed by atoms with van der Waals surface area (Å²) in [5, 5.41) is 19.5. The summed E-state index contributed by atoms with van der Waals surface area (Å²) in [7, 11) is 0. The van der Waals surface area contributed by atoms with E-state index in [4.69, 9.17) is 10.5 Å². The maximum absolute atomic E-state index is 13.5. The van der Waals surface area contributed by atoms with Gasteiger partial charge < -0.3 is 15.6 Å². The molecule has 4 rings (SSSR count). The second kappa shape index (κ2) is 5.10. The van der Waals surface area contributed by atoms with Crippen LogP contribution < -0.4 is 15.4 Å². The molecule has 2 aliphatic heterocycles. The van der Waals surface area contributed by atoms with E-state index in [1.807, 2.05) is 6.07 Å². The fourth-order valence-electron chi connectivity index (χ4n) is 3.73. The van der Waals surface area contributed by atoms with Crippen LogP contribution in [0.1, 0.15) is 18.1 Å². The summed E-state index contributed by atoms with van der Waals surface area (Å²) in [6, 6.07) is 13.0. The molecule has 0 saturated carbocycles. The SMILES string of the molecule is CC(=O)N1C(=O)[C@]2(C(C#N)=C(N)Oc3cc(O)ccc32)c2ccccc21. The van der Waals surface area contributed by atoms with Crippen molar-refractivity contribution in [2.45, 2.75) is 12.3 Å². The van der Waals surface area contributed by atoms with Crippen LogP contribution in [-0.4, -0.2) is 16.9 Å². The molecule has 0 radical (unpaired) electrons. The minimum atomic E-state index is -1.59. The zero-order valence-electron chi connectivity index (χ0n) is 13.7. The van der Waals surface area contributed by atoms with Gasteiger partial charge in [-0.25, -0.2) is 4.90 Å². The lowest BCUT2D eigenvalue weighted by Gasteiger charge is -2.34. The molecular formula is C19H13N3O4. The van der Waals surface area contributed by atoms with Crippen LogP contribution in [0.5, 0.6) is 11.5 Å². The normalized spacial score (nSPS) is 20.5. The third-order valence-electron chi connectivity index (χ3n) is 4.71. The fraction of sp³-hybridized carbons (Fsp3) is 0.105. The van der Waals surface area contributed by atoms with E-state index in [1.165, 1.54) is 25.1 Å². The molecule has 0 unspecified atom stereocenters. The Morgan fingerprint density at radius 1 is 1.27 bits per heavy atom. The number of imide groups is 1. The largest absolute Gasteiger partial charge is 0.508 e. The molecule has 0 aromatic heterocycles. The molecule has 3 N–H and O–H groups in total. The first kappa shape index (κ1) is 15.7. The topological polar surface area (TPSA) is 117 Å². The van der Waals surface area contributed by atoms with Crippen LogP contribution in [0.25, 0.3) is 0 Å². The van der Waals surface area contributed by atoms with Crippen molar-refractivity contribution in [3.05, 3.63) is 65.0 Å². The standard InChI is InChI=1S/C19H13N3O4/c1-10(23)22-15-5-3-2-4-12(15)19(18(22)25)13-7-6-11(24)8-16(13)26-17(21)14(19)9-20/h2-8,24H,21H2,1H3/t19-/m1/s1. The highest BCUT2D eigenvalue weighted by Crippen LogP contribution is 2.55. The van der Waals surface area contributed by atoms with Crippen molar-refractivity contribution in [1.82, 2.24) is 0 Å². The Morgan fingerprint density at radius 3 is 2.69 bits per heavy atom. The molecule has 1 atom stereocenters. The van der Waals surface area contributed by atoms with Gasteiger partial charge in [0.2, 0.25) is 11.8 Å². The molecule has 1 spiro atoms. The summed E-state index contributed by atoms with van der Waals surface area (Å²) in [6.07, 6.45) is 0. The fourth-order valence-corrected chi connectivity index (χ4v) is 3.73. The van der Waals surface area contributed by atoms with Gasteiger partial charge in [0, 0.05) is 24.1 Å². The van der Waals surface area contributed by atoms with Crippen LogP contribution in [0, 0.1) is 11.3 Å². The lowest BCUT2D eigenvalue weighted by atomic mass is 9.69. The lowest BCUT2D eigenvalue weighted by molar-refractivity contribution is -0.126. The molecule has 2 aromatic carbocycles. The molecule has 0 saturated heterocycles. The number of fused-ring (bicyclic) bond motifs is 4. The molecule has 2 aliphatic rings. The zero-order chi connectivity index (χ0) is 18.6. The molecule has 0 bridgehead atoms. The molecular weight excluding hydrogens is 334 g/mol. The Labute approximate surface area is 148 Å². The number of nitriles is 1. The Bertz CT molecular complexity index is 1070. The summed E-state index contributed by atoms with van der Waals surface area (Å²) in [4.78, 5) is 26.7. The van der Waals surface area contributed by atoms with E-state index in [0.29, 0.717) is 16.8 Å². The average molecular weight is 347 g/mol. The quantitative estimate of drug-likeness (QED) is 0.748. The van der Waals surface area contributed by atoms with Crippen molar-refractivity contribution in [2.24, 2.45) is 5.73 Å². The predicted octanol–water partition coefficient (Wildman–Crippen LogP) is 1.66. The van der Waals surface area contributed by atoms with Gasteiger partial charge in [-0.05, 0) is 18.2 Å². The molecule has 0 aliphatic carbocycles. The van der Waals surface area contributed by atoms with Gasteiger partial charge in [-0.15, -0.1) is 0 Å². The minimum Gasteiger partial charge on any atom is -0.508 e. The van der Waals surface area contributed by atoms with Crippen LogP contribution in [0.4, 0.5) is 5.69 Å². The first-order chi connectivity index (χ1) is 12.4. The smallest absolute Gasteiger partial charge is 0.254 e. The number of hydrogen-bond acceptors (Lipinski definition) is 6. The second-order valence-electron chi connectivity index (χ2n) is 6.06. The summed E-state index contributed by atoms with van der Waals surface area (Å²) in [5.74, 6) is -1.22. The lowest BCUT2D eigenvalue weighted by Crippen LogP contribution is -2.47. The van der Waals surface area contributed by atoms with Crippen molar-refractivity contribution >= 4 is 17.5 Å². The number of amides is 2. The van der Waals surface area contributed by atoms with Crippen LogP contribution in [0.2, 0.25) is 0 Å². The van der Waals surface area contributed by atoms with Crippen molar-refractivity contribution in [3.8, 4) is 17.6 Å². The van der Waals surface area contributed by atoms with E-state index >= 15 is 0 Å². The Hall–Kier alpha value is -3.79. The van der Waals surface area contributed by atoms with Crippen LogP contribution in [0.3, 0.4) is 0 Å². The van der Waals surface area contributed by atoms with Crippen molar-refractivity contribution < 1.29 is 19.4 Å². The third kappa shape index (κ3) is 1.70. The number of anilines is 1. The summed E-state index contributed by atoms with van der Waals surface area (Å²) >= 11 is 0. The molecule has 2 heterocycles. The number of carbonyl (C=O) groups excluding carboxylic acids is 2. The van der Waals surface area contributed by atoms with Gasteiger partial charge in [0.15, 0.2) is 0 Å². The van der Waals surface area contributed by atoms with Gasteiger partial charge in [0.1, 0.15) is 28.6 Å². The third-order valence-corrected chi connectivity index (χ3v) is 4.71. The Morgan fingerprint density at radius 2 is 2.00 bits per heavy atom. The molecule has 2 aromatic rings. The number of aromatic hydroxyl groups is 1. The highest BCUT2D eigenvalue weighted by molar-refractivity contribution is 6.25. The van der Waals surface area contributed by atoms with E-state index in [1.54, 1.807) is 24.3 Å². The summed E-state index contributed by atoms with van der Waals surface area (Å²) < 4.78 is 5.48. The molecule has 7 nitrogen and oxygen atoms in total. The summed E-state index contributed by atoms with van der Waals surface area (Å²) in [5.41, 5.74) is 5.48. The van der Waals surface area contributed by atoms with Gasteiger partial charge in [0.05, 0.1) is 5.69 Å². The number of nitrogens with two attached hydrogens (primary N) is 1. The second-order valence-corrected chi connectivity index (χ2v) is 6.06. The van der Waals surface area contributed by atoms with E-state index in [2.05, 4.69) is 0 Å². The van der Waals surface area contributed by atoms with Gasteiger partial charge in [-0.1, -0.05) is 18.2 Å². The Kier molecular flexibility index (Phi) is 3.08. The average Bonchev–Trinajstić information content (AvgIpc) is 2.85. The van der Waals surface area contributed by atoms with Crippen LogP contribution in [-0.2, 0) is 15.0 Å². The van der Waals surface area contributed by atoms with Gasteiger partial charge in [-0.3, -0.25) is 9.59 Å². The summed E-state index contributed by atoms with van der Waals surface area (Å²) in [6.45, 7) is 1.28. The number of hydrogen-bond donors (Lipinski definition) is 2. The number of benzene rings is 2. The van der Waals surface area contributed by atoms with Crippen molar-refractivity contribution in [1.29, 1.82) is 5.26 Å². The van der Waals surface area contributed by atoms with E-state index < -0.39 is 17.2 Å². The van der Waals surface area contributed by atoms with Gasteiger partial charge >= 0.3 is 0 Å². The highest BCUT2D eigenvalue weighted by atomic mass is 16.5. The number of ether oxygens (including phenoxy) is 1. The number of nitrogens with zero attached hydrogens (tertiary/aromatic N) is 2. The molecule has 26 heavy (non-hydrogen) atoms. The maximum atomic E-state index is 13.5. The van der Waals surface area contributed by atoms with Crippen molar-refractivity contribution in [3.63, 3.8) is 0 Å².